The second kappa shape index (κ2) is 7.18. The summed E-state index contributed by atoms with van der Waals surface area (Å²) in [5, 5.41) is 3.33. The van der Waals surface area contributed by atoms with E-state index in [0.717, 1.165) is 23.5 Å². The highest BCUT2D eigenvalue weighted by molar-refractivity contribution is 7.80. The molecule has 100 valence electrons. The molecule has 0 saturated carbocycles. The molecule has 0 heterocycles. The van der Waals surface area contributed by atoms with Crippen molar-refractivity contribution in [3.8, 4) is 5.75 Å². The lowest BCUT2D eigenvalue weighted by Crippen LogP contribution is -2.19. The molecule has 18 heavy (non-hydrogen) atoms. The summed E-state index contributed by atoms with van der Waals surface area (Å²) in [6.45, 7) is 3.60. The number of hydrogen-bond donors (Lipinski definition) is 2. The average molecular weight is 268 g/mol. The van der Waals surface area contributed by atoms with Gasteiger partial charge < -0.3 is 20.5 Å². The lowest BCUT2D eigenvalue weighted by atomic mass is 10.1. The summed E-state index contributed by atoms with van der Waals surface area (Å²) in [4.78, 5) is 0.375. The smallest absolute Gasteiger partial charge is 0.120 e. The third-order valence-electron chi connectivity index (χ3n) is 2.58. The molecule has 1 aromatic carbocycles. The fourth-order valence-corrected chi connectivity index (χ4v) is 1.82. The van der Waals surface area contributed by atoms with Crippen LogP contribution in [0.5, 0.6) is 5.75 Å². The summed E-state index contributed by atoms with van der Waals surface area (Å²) in [6.07, 6.45) is 0. The van der Waals surface area contributed by atoms with Gasteiger partial charge in [-0.25, -0.2) is 0 Å². The standard InChI is InChI=1S/C13H20N2O2S/c1-9(8-16-2)7-15-12-6-10(17-3)4-5-11(12)13(14)18/h4-6,9,15H,7-8H2,1-3H3,(H2,14,18). The Morgan fingerprint density at radius 2 is 2.17 bits per heavy atom. The lowest BCUT2D eigenvalue weighted by Gasteiger charge is -2.16. The van der Waals surface area contributed by atoms with Crippen molar-refractivity contribution in [2.45, 2.75) is 6.92 Å². The first kappa shape index (κ1) is 14.7. The van der Waals surface area contributed by atoms with E-state index in [1.165, 1.54) is 0 Å². The number of thiocarbonyl (C=S) groups is 1. The van der Waals surface area contributed by atoms with Crippen molar-refractivity contribution in [1.82, 2.24) is 0 Å². The normalized spacial score (nSPS) is 11.9. The third-order valence-corrected chi connectivity index (χ3v) is 2.80. The molecular formula is C13H20N2O2S. The Labute approximate surface area is 113 Å². The second-order valence-corrected chi connectivity index (χ2v) is 4.66. The van der Waals surface area contributed by atoms with Gasteiger partial charge in [-0.15, -0.1) is 0 Å². The third kappa shape index (κ3) is 4.16. The number of benzene rings is 1. The molecule has 0 bridgehead atoms. The van der Waals surface area contributed by atoms with Gasteiger partial charge in [0.05, 0.1) is 13.7 Å². The molecule has 5 heteroatoms. The van der Waals surface area contributed by atoms with Gasteiger partial charge in [-0.3, -0.25) is 0 Å². The minimum atomic E-state index is 0.375. The number of ether oxygens (including phenoxy) is 2. The molecule has 0 radical (unpaired) electrons. The van der Waals surface area contributed by atoms with Crippen molar-refractivity contribution in [3.63, 3.8) is 0 Å². The zero-order valence-electron chi connectivity index (χ0n) is 11.0. The maximum atomic E-state index is 5.70. The van der Waals surface area contributed by atoms with Crippen LogP contribution in [0.1, 0.15) is 12.5 Å². The number of nitrogens with one attached hydrogen (secondary N) is 1. The first-order chi connectivity index (χ1) is 8.58. The largest absolute Gasteiger partial charge is 0.497 e. The molecule has 1 atom stereocenters. The Bertz CT molecular complexity index is 410. The monoisotopic (exact) mass is 268 g/mol. The first-order valence-electron chi connectivity index (χ1n) is 5.79. The van der Waals surface area contributed by atoms with Crippen molar-refractivity contribution in [2.24, 2.45) is 11.7 Å². The fourth-order valence-electron chi connectivity index (χ4n) is 1.64. The molecule has 3 N–H and O–H groups in total. The molecule has 0 aliphatic heterocycles. The van der Waals surface area contributed by atoms with Crippen LogP contribution in [-0.2, 0) is 4.74 Å². The van der Waals surface area contributed by atoms with E-state index in [0.29, 0.717) is 17.5 Å². The Hall–Kier alpha value is -1.33. The van der Waals surface area contributed by atoms with Gasteiger partial charge in [0.1, 0.15) is 10.7 Å². The molecular weight excluding hydrogens is 248 g/mol. The van der Waals surface area contributed by atoms with E-state index in [1.54, 1.807) is 14.2 Å². The van der Waals surface area contributed by atoms with Crippen LogP contribution in [0.15, 0.2) is 18.2 Å². The average Bonchev–Trinajstić information content (AvgIpc) is 2.36. The summed E-state index contributed by atoms with van der Waals surface area (Å²) in [6, 6.07) is 5.61. The van der Waals surface area contributed by atoms with Crippen LogP contribution in [0.25, 0.3) is 0 Å². The SMILES string of the molecule is COCC(C)CNc1cc(OC)ccc1C(N)=S. The maximum absolute atomic E-state index is 5.70. The van der Waals surface area contributed by atoms with Gasteiger partial charge in [-0.1, -0.05) is 19.1 Å². The number of hydrogen-bond acceptors (Lipinski definition) is 4. The summed E-state index contributed by atoms with van der Waals surface area (Å²) >= 11 is 5.03. The summed E-state index contributed by atoms with van der Waals surface area (Å²) in [7, 11) is 3.33. The summed E-state index contributed by atoms with van der Waals surface area (Å²) in [5.41, 5.74) is 7.42. The van der Waals surface area contributed by atoms with Crippen LogP contribution in [0.4, 0.5) is 5.69 Å². The zero-order valence-corrected chi connectivity index (χ0v) is 11.8. The molecule has 0 spiro atoms. The van der Waals surface area contributed by atoms with Crippen LogP contribution in [0.3, 0.4) is 0 Å². The Kier molecular flexibility index (Phi) is 5.88. The molecule has 0 aliphatic carbocycles. The minimum absolute atomic E-state index is 0.375. The highest BCUT2D eigenvalue weighted by atomic mass is 32.1. The molecule has 0 amide bonds. The lowest BCUT2D eigenvalue weighted by molar-refractivity contribution is 0.164. The van der Waals surface area contributed by atoms with Gasteiger partial charge in [0.2, 0.25) is 0 Å². The Balaban J connectivity index is 2.80. The van der Waals surface area contributed by atoms with E-state index in [1.807, 2.05) is 18.2 Å². The summed E-state index contributed by atoms with van der Waals surface area (Å²) in [5.74, 6) is 1.18. The number of nitrogens with two attached hydrogens (primary N) is 1. The van der Waals surface area contributed by atoms with E-state index in [9.17, 15) is 0 Å². The quantitative estimate of drug-likeness (QED) is 0.741. The Morgan fingerprint density at radius 1 is 1.44 bits per heavy atom. The van der Waals surface area contributed by atoms with Crippen LogP contribution in [0.2, 0.25) is 0 Å². The van der Waals surface area contributed by atoms with Crippen LogP contribution in [0, 0.1) is 5.92 Å². The predicted octanol–water partition coefficient (Wildman–Crippen LogP) is 2.02. The van der Waals surface area contributed by atoms with Crippen molar-refractivity contribution < 1.29 is 9.47 Å². The zero-order chi connectivity index (χ0) is 13.5. The first-order valence-corrected chi connectivity index (χ1v) is 6.20. The number of anilines is 1. The van der Waals surface area contributed by atoms with E-state index in [4.69, 9.17) is 27.4 Å². The van der Waals surface area contributed by atoms with Gasteiger partial charge in [0.15, 0.2) is 0 Å². The molecule has 4 nitrogen and oxygen atoms in total. The molecule has 0 saturated heterocycles. The van der Waals surface area contributed by atoms with Crippen molar-refractivity contribution >= 4 is 22.9 Å². The topological polar surface area (TPSA) is 56.5 Å². The van der Waals surface area contributed by atoms with E-state index < -0.39 is 0 Å². The van der Waals surface area contributed by atoms with Crippen LogP contribution in [-0.4, -0.2) is 32.4 Å². The van der Waals surface area contributed by atoms with E-state index in [-0.39, 0.29) is 0 Å². The van der Waals surface area contributed by atoms with Gasteiger partial charge in [0, 0.05) is 31.0 Å². The molecule has 0 aromatic heterocycles. The van der Waals surface area contributed by atoms with Crippen molar-refractivity contribution in [2.75, 3.05) is 32.7 Å². The molecule has 1 unspecified atom stereocenters. The number of rotatable bonds is 7. The van der Waals surface area contributed by atoms with Crippen molar-refractivity contribution in [3.05, 3.63) is 23.8 Å². The molecule has 1 rings (SSSR count). The molecule has 0 fully saturated rings. The highest BCUT2D eigenvalue weighted by Crippen LogP contribution is 2.22. The van der Waals surface area contributed by atoms with Crippen LogP contribution < -0.4 is 15.8 Å². The second-order valence-electron chi connectivity index (χ2n) is 4.22. The molecule has 0 aliphatic rings. The van der Waals surface area contributed by atoms with E-state index >= 15 is 0 Å². The van der Waals surface area contributed by atoms with Gasteiger partial charge in [-0.05, 0) is 18.1 Å². The van der Waals surface area contributed by atoms with E-state index in [2.05, 4.69) is 12.2 Å². The predicted molar refractivity (Wildman–Crippen MR) is 78.4 cm³/mol. The van der Waals surface area contributed by atoms with Gasteiger partial charge in [0.25, 0.3) is 0 Å². The van der Waals surface area contributed by atoms with Gasteiger partial charge >= 0.3 is 0 Å². The minimum Gasteiger partial charge on any atom is -0.497 e. The molecule has 1 aromatic rings. The summed E-state index contributed by atoms with van der Waals surface area (Å²) < 4.78 is 10.3. The van der Waals surface area contributed by atoms with Crippen LogP contribution >= 0.6 is 12.2 Å². The Morgan fingerprint density at radius 3 is 2.72 bits per heavy atom. The number of methoxy groups -OCH3 is 2. The fraction of sp³-hybridized carbons (Fsp3) is 0.462. The highest BCUT2D eigenvalue weighted by Gasteiger charge is 2.08. The van der Waals surface area contributed by atoms with Gasteiger partial charge in [-0.2, -0.15) is 0 Å². The van der Waals surface area contributed by atoms with Crippen molar-refractivity contribution in [1.29, 1.82) is 0 Å². The maximum Gasteiger partial charge on any atom is 0.120 e.